The maximum Gasteiger partial charge on any atom is 0.233 e. The number of carbonyl (C=O) groups excluding carboxylic acids is 3. The van der Waals surface area contributed by atoms with Crippen molar-refractivity contribution in [2.75, 3.05) is 0 Å². The Balaban J connectivity index is 0.000000186. The van der Waals surface area contributed by atoms with Gasteiger partial charge in [-0.2, -0.15) is 0 Å². The van der Waals surface area contributed by atoms with Gasteiger partial charge in [0.2, 0.25) is 11.6 Å². The highest BCUT2D eigenvalue weighted by Crippen LogP contribution is 2.14. The van der Waals surface area contributed by atoms with E-state index in [4.69, 9.17) is 4.74 Å². The molecule has 5 nitrogen and oxygen atoms in total. The molecule has 5 heteroatoms. The molecular formula is C28H21O5-. The molecule has 0 amide bonds. The average Bonchev–Trinajstić information content (AvgIpc) is 2.89. The Morgan fingerprint density at radius 2 is 0.970 bits per heavy atom. The second-order valence-electron chi connectivity index (χ2n) is 6.98. The lowest BCUT2D eigenvalue weighted by atomic mass is 10.0. The first-order valence-electron chi connectivity index (χ1n) is 10.2. The topological polar surface area (TPSA) is 83.5 Å². The molecule has 164 valence electrons. The summed E-state index contributed by atoms with van der Waals surface area (Å²) in [5.74, 6) is -1.47. The zero-order valence-electron chi connectivity index (χ0n) is 17.7. The highest BCUT2D eigenvalue weighted by atomic mass is 16.5. The number of hydrogen-bond donors (Lipinski definition) is 0. The number of carboxylic acid groups (broad SMARTS) is 1. The normalized spacial score (nSPS) is 9.82. The van der Waals surface area contributed by atoms with Crippen molar-refractivity contribution in [3.8, 4) is 5.75 Å². The van der Waals surface area contributed by atoms with Crippen molar-refractivity contribution in [3.05, 3.63) is 138 Å². The van der Waals surface area contributed by atoms with Crippen LogP contribution in [-0.2, 0) is 6.61 Å². The average molecular weight is 437 g/mol. The summed E-state index contributed by atoms with van der Waals surface area (Å²) in [4.78, 5) is 34.1. The summed E-state index contributed by atoms with van der Waals surface area (Å²) in [5, 5.41) is 10.5. The number of carboxylic acids is 1. The molecule has 0 radical (unpaired) electrons. The third-order valence-corrected chi connectivity index (χ3v) is 4.62. The molecule has 0 heterocycles. The molecule has 0 saturated heterocycles. The second-order valence-corrected chi connectivity index (χ2v) is 6.98. The lowest BCUT2D eigenvalue weighted by Gasteiger charge is -2.07. The smallest absolute Gasteiger partial charge is 0.233 e. The molecule has 0 atom stereocenters. The van der Waals surface area contributed by atoms with E-state index in [1.807, 2.05) is 42.5 Å². The molecular weight excluding hydrogens is 416 g/mol. The lowest BCUT2D eigenvalue weighted by molar-refractivity contribution is -0.255. The zero-order valence-corrected chi connectivity index (χ0v) is 17.7. The van der Waals surface area contributed by atoms with E-state index in [1.54, 1.807) is 60.7 Å². The van der Waals surface area contributed by atoms with Crippen molar-refractivity contribution in [2.45, 2.75) is 6.61 Å². The van der Waals surface area contributed by atoms with Crippen LogP contribution in [0.3, 0.4) is 0 Å². The molecule has 0 aliphatic rings. The fourth-order valence-electron chi connectivity index (χ4n) is 2.87. The Bertz CT molecular complexity index is 1140. The first-order chi connectivity index (χ1) is 16.0. The molecule has 4 aromatic rings. The minimum absolute atomic E-state index is 0.150. The Morgan fingerprint density at radius 3 is 1.39 bits per heavy atom. The van der Waals surface area contributed by atoms with E-state index in [2.05, 4.69) is 0 Å². The molecule has 0 bridgehead atoms. The first kappa shape index (κ1) is 23.2. The van der Waals surface area contributed by atoms with Gasteiger partial charge in [0.05, 0.1) is 5.97 Å². The molecule has 4 rings (SSSR count). The number of hydrogen-bond acceptors (Lipinski definition) is 5. The lowest BCUT2D eigenvalue weighted by Crippen LogP contribution is -2.21. The maximum atomic E-state index is 11.8. The van der Waals surface area contributed by atoms with Gasteiger partial charge in [0.1, 0.15) is 12.4 Å². The fourth-order valence-corrected chi connectivity index (χ4v) is 2.87. The molecule has 33 heavy (non-hydrogen) atoms. The quantitative estimate of drug-likeness (QED) is 0.316. The second kappa shape index (κ2) is 11.8. The van der Waals surface area contributed by atoms with E-state index >= 15 is 0 Å². The van der Waals surface area contributed by atoms with Crippen LogP contribution in [-0.4, -0.2) is 17.5 Å². The van der Waals surface area contributed by atoms with Crippen LogP contribution in [0, 0.1) is 0 Å². The standard InChI is InChI=1S/C14H12O3.C14H10O2/c15-14(16)12-6-8-13(9-7-12)17-10-11-4-2-1-3-5-11;15-13(11-7-3-1-4-8-11)14(16)12-9-5-2-6-10-12/h1-9H,10H2,(H,15,16);1-10H/p-1. The number of aromatic carboxylic acids is 1. The van der Waals surface area contributed by atoms with Crippen molar-refractivity contribution in [2.24, 2.45) is 0 Å². The molecule has 4 aromatic carbocycles. The molecule has 0 spiro atoms. The Kier molecular flexibility index (Phi) is 8.26. The number of ketones is 2. The molecule has 0 aromatic heterocycles. The predicted molar refractivity (Wildman–Crippen MR) is 123 cm³/mol. The summed E-state index contributed by atoms with van der Waals surface area (Å²) < 4.78 is 5.51. The van der Waals surface area contributed by atoms with Gasteiger partial charge in [0.25, 0.3) is 0 Å². The molecule has 0 unspecified atom stereocenters. The summed E-state index contributed by atoms with van der Waals surface area (Å²) >= 11 is 0. The highest BCUT2D eigenvalue weighted by molar-refractivity contribution is 6.49. The summed E-state index contributed by atoms with van der Waals surface area (Å²) in [6, 6.07) is 33.1. The van der Waals surface area contributed by atoms with E-state index in [1.165, 1.54) is 12.1 Å². The minimum atomic E-state index is -1.18. The van der Waals surface area contributed by atoms with E-state index in [0.717, 1.165) is 5.56 Å². The minimum Gasteiger partial charge on any atom is -0.545 e. The molecule has 0 aliphatic heterocycles. The summed E-state index contributed by atoms with van der Waals surface area (Å²) in [6.45, 7) is 0.464. The van der Waals surface area contributed by atoms with Crippen LogP contribution in [0.25, 0.3) is 0 Å². The van der Waals surface area contributed by atoms with Gasteiger partial charge in [-0.05, 0) is 35.4 Å². The zero-order chi connectivity index (χ0) is 23.5. The van der Waals surface area contributed by atoms with Crippen molar-refractivity contribution in [3.63, 3.8) is 0 Å². The Morgan fingerprint density at radius 1 is 0.545 bits per heavy atom. The number of ether oxygens (including phenoxy) is 1. The van der Waals surface area contributed by atoms with Crippen molar-refractivity contribution < 1.29 is 24.2 Å². The van der Waals surface area contributed by atoms with Gasteiger partial charge in [0.15, 0.2) is 0 Å². The van der Waals surface area contributed by atoms with Crippen molar-refractivity contribution in [1.82, 2.24) is 0 Å². The fraction of sp³-hybridized carbons (Fsp3) is 0.0357. The molecule has 0 saturated carbocycles. The number of rotatable bonds is 7. The third-order valence-electron chi connectivity index (χ3n) is 4.62. The summed E-state index contributed by atoms with van der Waals surface area (Å²) in [5.41, 5.74) is 2.07. The largest absolute Gasteiger partial charge is 0.545 e. The van der Waals surface area contributed by atoms with Crippen molar-refractivity contribution >= 4 is 17.5 Å². The van der Waals surface area contributed by atoms with Gasteiger partial charge in [-0.3, -0.25) is 9.59 Å². The Hall–Kier alpha value is -4.51. The maximum absolute atomic E-state index is 11.8. The monoisotopic (exact) mass is 437 g/mol. The summed E-state index contributed by atoms with van der Waals surface area (Å²) in [6.07, 6.45) is 0. The summed E-state index contributed by atoms with van der Waals surface area (Å²) in [7, 11) is 0. The van der Waals surface area contributed by atoms with Gasteiger partial charge in [0, 0.05) is 11.1 Å². The van der Waals surface area contributed by atoms with E-state index in [9.17, 15) is 19.5 Å². The van der Waals surface area contributed by atoms with Gasteiger partial charge in [-0.25, -0.2) is 0 Å². The van der Waals surface area contributed by atoms with Crippen LogP contribution in [0.15, 0.2) is 115 Å². The van der Waals surface area contributed by atoms with Crippen LogP contribution in [0.2, 0.25) is 0 Å². The molecule has 0 N–H and O–H groups in total. The van der Waals surface area contributed by atoms with Crippen LogP contribution >= 0.6 is 0 Å². The van der Waals surface area contributed by atoms with Gasteiger partial charge < -0.3 is 14.6 Å². The SMILES string of the molecule is O=C(C(=O)c1ccccc1)c1ccccc1.O=C([O-])c1ccc(OCc2ccccc2)cc1. The molecule has 0 fully saturated rings. The predicted octanol–water partition coefficient (Wildman–Crippen LogP) is 4.38. The number of carbonyl (C=O) groups is 3. The van der Waals surface area contributed by atoms with Gasteiger partial charge >= 0.3 is 0 Å². The Labute approximate surface area is 191 Å². The van der Waals surface area contributed by atoms with Crippen LogP contribution in [0.5, 0.6) is 5.75 Å². The van der Waals surface area contributed by atoms with E-state index < -0.39 is 17.5 Å². The number of Topliss-reactive ketones (excluding diaryl/α,β-unsaturated/α-hetero) is 2. The van der Waals surface area contributed by atoms with Gasteiger partial charge in [-0.15, -0.1) is 0 Å². The van der Waals surface area contributed by atoms with Crippen LogP contribution in [0.4, 0.5) is 0 Å². The third kappa shape index (κ3) is 7.01. The molecule has 0 aliphatic carbocycles. The van der Waals surface area contributed by atoms with Crippen molar-refractivity contribution in [1.29, 1.82) is 0 Å². The van der Waals surface area contributed by atoms with Gasteiger partial charge in [-0.1, -0.05) is 91.0 Å². The van der Waals surface area contributed by atoms with E-state index in [0.29, 0.717) is 23.5 Å². The number of benzene rings is 4. The highest BCUT2D eigenvalue weighted by Gasteiger charge is 2.17. The van der Waals surface area contributed by atoms with E-state index in [-0.39, 0.29) is 5.56 Å². The van der Waals surface area contributed by atoms with Crippen LogP contribution in [0.1, 0.15) is 36.6 Å². The first-order valence-corrected chi connectivity index (χ1v) is 10.2. The van der Waals surface area contributed by atoms with Crippen LogP contribution < -0.4 is 9.84 Å².